The molecule has 2 atom stereocenters. The summed E-state index contributed by atoms with van der Waals surface area (Å²) in [7, 11) is 0. The van der Waals surface area contributed by atoms with Crippen LogP contribution in [0.5, 0.6) is 5.75 Å². The predicted molar refractivity (Wildman–Crippen MR) is 78.8 cm³/mol. The summed E-state index contributed by atoms with van der Waals surface area (Å²) >= 11 is 0. The maximum absolute atomic E-state index is 5.84. The Hall–Kier alpha value is -1.06. The van der Waals surface area contributed by atoms with E-state index in [-0.39, 0.29) is 6.04 Å². The minimum Gasteiger partial charge on any atom is -0.494 e. The molecule has 1 aromatic rings. The van der Waals surface area contributed by atoms with Gasteiger partial charge in [0.2, 0.25) is 0 Å². The van der Waals surface area contributed by atoms with E-state index in [1.807, 2.05) is 19.1 Å². The first kappa shape index (κ1) is 14.4. The molecule has 2 rings (SSSR count). The molecular weight excluding hydrogens is 236 g/mol. The fourth-order valence-corrected chi connectivity index (χ4v) is 3.38. The molecule has 3 heteroatoms. The van der Waals surface area contributed by atoms with E-state index >= 15 is 0 Å². The molecule has 19 heavy (non-hydrogen) atoms. The quantitative estimate of drug-likeness (QED) is 0.631. The molecule has 1 aromatic carbocycles. The van der Waals surface area contributed by atoms with E-state index in [0.29, 0.717) is 17.9 Å². The molecule has 0 spiro atoms. The maximum atomic E-state index is 5.84. The molecule has 1 saturated carbocycles. The number of nitrogens with one attached hydrogen (secondary N) is 1. The Morgan fingerprint density at radius 2 is 2.26 bits per heavy atom. The van der Waals surface area contributed by atoms with E-state index in [2.05, 4.69) is 31.4 Å². The molecule has 2 unspecified atom stereocenters. The normalized spacial score (nSPS) is 23.3. The molecule has 0 aromatic heterocycles. The molecule has 1 fully saturated rings. The second-order valence-electron chi connectivity index (χ2n) is 6.14. The average Bonchev–Trinajstić information content (AvgIpc) is 2.72. The van der Waals surface area contributed by atoms with E-state index < -0.39 is 0 Å². The zero-order valence-electron chi connectivity index (χ0n) is 12.3. The summed E-state index contributed by atoms with van der Waals surface area (Å²) in [5.41, 5.74) is 4.61. The van der Waals surface area contributed by atoms with Gasteiger partial charge in [-0.2, -0.15) is 0 Å². The molecule has 1 aliphatic rings. The summed E-state index contributed by atoms with van der Waals surface area (Å²) in [4.78, 5) is 0. The van der Waals surface area contributed by atoms with Crippen LogP contribution in [-0.4, -0.2) is 6.61 Å². The van der Waals surface area contributed by atoms with E-state index in [4.69, 9.17) is 10.6 Å². The van der Waals surface area contributed by atoms with Crippen LogP contribution in [0.2, 0.25) is 0 Å². The Balaban J connectivity index is 2.24. The van der Waals surface area contributed by atoms with Crippen LogP contribution < -0.4 is 16.0 Å². The molecule has 0 aliphatic heterocycles. The lowest BCUT2D eigenvalue weighted by atomic mass is 9.75. The van der Waals surface area contributed by atoms with Gasteiger partial charge in [-0.1, -0.05) is 32.4 Å². The van der Waals surface area contributed by atoms with Gasteiger partial charge < -0.3 is 4.74 Å². The van der Waals surface area contributed by atoms with E-state index in [0.717, 1.165) is 5.75 Å². The van der Waals surface area contributed by atoms with Crippen LogP contribution in [0.4, 0.5) is 0 Å². The molecule has 3 N–H and O–H groups in total. The number of hydrogen-bond acceptors (Lipinski definition) is 3. The lowest BCUT2D eigenvalue weighted by molar-refractivity contribution is 0.198. The summed E-state index contributed by atoms with van der Waals surface area (Å²) in [5, 5.41) is 0. The van der Waals surface area contributed by atoms with Gasteiger partial charge in [0.15, 0.2) is 0 Å². The third-order valence-electron chi connectivity index (χ3n) is 4.45. The largest absolute Gasteiger partial charge is 0.494 e. The van der Waals surface area contributed by atoms with Crippen molar-refractivity contribution >= 4 is 0 Å². The van der Waals surface area contributed by atoms with Gasteiger partial charge in [-0.25, -0.2) is 0 Å². The third-order valence-corrected chi connectivity index (χ3v) is 4.45. The SMILES string of the molecule is CCOc1cccc(C(NN)C2CCCC2(C)C)c1. The molecule has 0 amide bonds. The van der Waals surface area contributed by atoms with Crippen LogP contribution in [0.3, 0.4) is 0 Å². The predicted octanol–water partition coefficient (Wildman–Crippen LogP) is 3.42. The summed E-state index contributed by atoms with van der Waals surface area (Å²) in [6, 6.07) is 8.51. The fourth-order valence-electron chi connectivity index (χ4n) is 3.38. The van der Waals surface area contributed by atoms with Gasteiger partial charge in [-0.05, 0) is 48.8 Å². The topological polar surface area (TPSA) is 47.3 Å². The molecule has 0 bridgehead atoms. The smallest absolute Gasteiger partial charge is 0.119 e. The third kappa shape index (κ3) is 3.10. The summed E-state index contributed by atoms with van der Waals surface area (Å²) in [6.07, 6.45) is 3.81. The highest BCUT2D eigenvalue weighted by atomic mass is 16.5. The summed E-state index contributed by atoms with van der Waals surface area (Å²) < 4.78 is 5.59. The number of nitrogens with two attached hydrogens (primary N) is 1. The van der Waals surface area contributed by atoms with Crippen molar-refractivity contribution < 1.29 is 4.74 Å². The highest BCUT2D eigenvalue weighted by Gasteiger charge is 2.39. The van der Waals surface area contributed by atoms with Crippen LogP contribution in [0.15, 0.2) is 24.3 Å². The monoisotopic (exact) mass is 262 g/mol. The van der Waals surface area contributed by atoms with Crippen LogP contribution in [0.25, 0.3) is 0 Å². The Labute approximate surface area is 116 Å². The molecular formula is C16H26N2O. The van der Waals surface area contributed by atoms with Crippen molar-refractivity contribution in [3.8, 4) is 5.75 Å². The highest BCUT2D eigenvalue weighted by Crippen LogP contribution is 2.48. The van der Waals surface area contributed by atoms with Crippen molar-refractivity contribution in [2.45, 2.75) is 46.1 Å². The Bertz CT molecular complexity index is 417. The van der Waals surface area contributed by atoms with Gasteiger partial charge >= 0.3 is 0 Å². The van der Waals surface area contributed by atoms with Crippen LogP contribution in [0.1, 0.15) is 51.6 Å². The fraction of sp³-hybridized carbons (Fsp3) is 0.625. The Morgan fingerprint density at radius 1 is 1.47 bits per heavy atom. The second kappa shape index (κ2) is 5.93. The number of benzene rings is 1. The van der Waals surface area contributed by atoms with Crippen molar-refractivity contribution in [3.05, 3.63) is 29.8 Å². The van der Waals surface area contributed by atoms with Crippen molar-refractivity contribution in [1.82, 2.24) is 5.43 Å². The Morgan fingerprint density at radius 3 is 2.84 bits per heavy atom. The van der Waals surface area contributed by atoms with Gasteiger partial charge in [-0.15, -0.1) is 0 Å². The summed E-state index contributed by atoms with van der Waals surface area (Å²) in [6.45, 7) is 7.40. The van der Waals surface area contributed by atoms with Crippen molar-refractivity contribution in [1.29, 1.82) is 0 Å². The minimum absolute atomic E-state index is 0.206. The molecule has 0 heterocycles. The maximum Gasteiger partial charge on any atom is 0.119 e. The van der Waals surface area contributed by atoms with Crippen LogP contribution >= 0.6 is 0 Å². The molecule has 0 saturated heterocycles. The van der Waals surface area contributed by atoms with Crippen LogP contribution in [0, 0.1) is 11.3 Å². The van der Waals surface area contributed by atoms with Gasteiger partial charge in [0.1, 0.15) is 5.75 Å². The standard InChI is InChI=1S/C16H26N2O/c1-4-19-13-8-5-7-12(11-13)15(18-17)14-9-6-10-16(14,2)3/h5,7-8,11,14-15,18H,4,6,9-10,17H2,1-3H3. The minimum atomic E-state index is 0.206. The molecule has 3 nitrogen and oxygen atoms in total. The summed E-state index contributed by atoms with van der Waals surface area (Å²) in [5.74, 6) is 7.34. The molecule has 106 valence electrons. The van der Waals surface area contributed by atoms with E-state index in [9.17, 15) is 0 Å². The Kier molecular flexibility index (Phi) is 4.48. The van der Waals surface area contributed by atoms with Crippen LogP contribution in [-0.2, 0) is 0 Å². The van der Waals surface area contributed by atoms with Crippen molar-refractivity contribution in [2.24, 2.45) is 17.2 Å². The zero-order valence-corrected chi connectivity index (χ0v) is 12.3. The first-order valence-electron chi connectivity index (χ1n) is 7.27. The van der Waals surface area contributed by atoms with Gasteiger partial charge in [0.25, 0.3) is 0 Å². The average molecular weight is 262 g/mol. The lowest BCUT2D eigenvalue weighted by Gasteiger charge is -2.34. The number of ether oxygens (including phenoxy) is 1. The van der Waals surface area contributed by atoms with Crippen molar-refractivity contribution in [3.63, 3.8) is 0 Å². The van der Waals surface area contributed by atoms with Crippen molar-refractivity contribution in [2.75, 3.05) is 6.61 Å². The van der Waals surface area contributed by atoms with E-state index in [1.54, 1.807) is 0 Å². The molecule has 1 aliphatic carbocycles. The first-order valence-corrected chi connectivity index (χ1v) is 7.27. The van der Waals surface area contributed by atoms with Gasteiger partial charge in [-0.3, -0.25) is 11.3 Å². The number of rotatable bonds is 5. The zero-order chi connectivity index (χ0) is 13.9. The van der Waals surface area contributed by atoms with E-state index in [1.165, 1.54) is 24.8 Å². The lowest BCUT2D eigenvalue weighted by Crippen LogP contribution is -2.37. The highest BCUT2D eigenvalue weighted by molar-refractivity contribution is 5.31. The first-order chi connectivity index (χ1) is 9.08. The second-order valence-corrected chi connectivity index (χ2v) is 6.14. The molecule has 0 radical (unpaired) electrons. The number of hydrogen-bond donors (Lipinski definition) is 2. The van der Waals surface area contributed by atoms with Gasteiger partial charge in [0, 0.05) is 6.04 Å². The number of hydrazine groups is 1. The van der Waals surface area contributed by atoms with Gasteiger partial charge in [0.05, 0.1) is 6.61 Å².